The minimum Gasteiger partial charge on any atom is -0.488 e. The Morgan fingerprint density at radius 2 is 1.97 bits per heavy atom. The highest BCUT2D eigenvalue weighted by Crippen LogP contribution is 2.31. The summed E-state index contributed by atoms with van der Waals surface area (Å²) in [6.45, 7) is 0.320. The first-order valence-electron chi connectivity index (χ1n) is 12.1. The number of pyridine rings is 1. The van der Waals surface area contributed by atoms with Crippen molar-refractivity contribution in [2.45, 2.75) is 64.3 Å². The minimum atomic E-state index is -0.806. The van der Waals surface area contributed by atoms with Crippen molar-refractivity contribution in [3.63, 3.8) is 0 Å². The van der Waals surface area contributed by atoms with E-state index in [2.05, 4.69) is 15.3 Å². The summed E-state index contributed by atoms with van der Waals surface area (Å²) in [5.41, 5.74) is 1.83. The van der Waals surface area contributed by atoms with Gasteiger partial charge in [0.1, 0.15) is 29.4 Å². The molecular formula is C24H33N5O6. The van der Waals surface area contributed by atoms with E-state index in [1.54, 1.807) is 31.1 Å². The molecule has 2 aromatic heterocycles. The Morgan fingerprint density at radius 3 is 2.66 bits per heavy atom. The Bertz CT molecular complexity index is 1050. The fourth-order valence-electron chi connectivity index (χ4n) is 4.61. The van der Waals surface area contributed by atoms with Crippen molar-refractivity contribution in [3.8, 4) is 17.1 Å². The van der Waals surface area contributed by atoms with Crippen LogP contribution in [0.15, 0.2) is 12.1 Å². The quantitative estimate of drug-likeness (QED) is 0.546. The second-order valence-electron chi connectivity index (χ2n) is 9.48. The molecule has 0 saturated heterocycles. The highest BCUT2D eigenvalue weighted by Gasteiger charge is 2.29. The van der Waals surface area contributed by atoms with Crippen molar-refractivity contribution < 1.29 is 29.3 Å². The summed E-state index contributed by atoms with van der Waals surface area (Å²) in [6.07, 6.45) is 5.47. The number of ether oxygens (including phenoxy) is 2. The molecular weight excluding hydrogens is 454 g/mol. The number of carbonyl (C=O) groups is 2. The molecule has 11 nitrogen and oxygen atoms in total. The van der Waals surface area contributed by atoms with E-state index in [1.807, 2.05) is 0 Å². The molecule has 0 radical (unpaired) electrons. The van der Waals surface area contributed by atoms with Crippen molar-refractivity contribution in [1.82, 2.24) is 24.9 Å². The lowest BCUT2D eigenvalue weighted by Gasteiger charge is -2.29. The monoisotopic (exact) mass is 487 g/mol. The summed E-state index contributed by atoms with van der Waals surface area (Å²) in [7, 11) is 3.45. The van der Waals surface area contributed by atoms with Gasteiger partial charge in [-0.25, -0.2) is 14.5 Å². The molecule has 0 aliphatic heterocycles. The van der Waals surface area contributed by atoms with Crippen molar-refractivity contribution in [2.75, 3.05) is 13.6 Å². The van der Waals surface area contributed by atoms with Crippen molar-refractivity contribution in [1.29, 1.82) is 0 Å². The molecule has 2 saturated carbocycles. The Balaban J connectivity index is 1.44. The van der Waals surface area contributed by atoms with Crippen LogP contribution in [0.3, 0.4) is 0 Å². The van der Waals surface area contributed by atoms with Crippen LogP contribution in [-0.4, -0.2) is 66.8 Å². The number of carboxylic acids is 1. The van der Waals surface area contributed by atoms with E-state index in [0.29, 0.717) is 53.8 Å². The molecule has 35 heavy (non-hydrogen) atoms. The fourth-order valence-corrected chi connectivity index (χ4v) is 4.61. The smallest absolute Gasteiger partial charge is 0.409 e. The van der Waals surface area contributed by atoms with Gasteiger partial charge in [0.15, 0.2) is 0 Å². The van der Waals surface area contributed by atoms with Gasteiger partial charge in [0.25, 0.3) is 0 Å². The number of hydrogen-bond donors (Lipinski definition) is 2. The molecule has 2 heterocycles. The van der Waals surface area contributed by atoms with Crippen LogP contribution in [-0.2, 0) is 29.8 Å². The van der Waals surface area contributed by atoms with E-state index >= 15 is 0 Å². The molecule has 190 valence electrons. The second-order valence-corrected chi connectivity index (χ2v) is 9.48. The van der Waals surface area contributed by atoms with Gasteiger partial charge >= 0.3 is 12.1 Å². The summed E-state index contributed by atoms with van der Waals surface area (Å²) < 4.78 is 13.1. The van der Waals surface area contributed by atoms with Crippen LogP contribution in [0.4, 0.5) is 4.79 Å². The van der Waals surface area contributed by atoms with Gasteiger partial charge in [0.05, 0.1) is 24.3 Å². The molecule has 0 aromatic carbocycles. The van der Waals surface area contributed by atoms with Crippen LogP contribution in [0, 0.1) is 11.8 Å². The van der Waals surface area contributed by atoms with E-state index in [0.717, 1.165) is 25.7 Å². The van der Waals surface area contributed by atoms with Crippen LogP contribution in [0.25, 0.3) is 11.4 Å². The third kappa shape index (κ3) is 5.90. The number of rotatable bonds is 9. The largest absolute Gasteiger partial charge is 0.488 e. The second kappa shape index (κ2) is 11.0. The first kappa shape index (κ1) is 24.9. The maximum atomic E-state index is 12.4. The zero-order valence-electron chi connectivity index (χ0n) is 20.2. The number of nitrogens with zero attached hydrogens (tertiary/aromatic N) is 5. The van der Waals surface area contributed by atoms with Gasteiger partial charge in [-0.2, -0.15) is 0 Å². The summed E-state index contributed by atoms with van der Waals surface area (Å²) in [5, 5.41) is 27.5. The molecule has 4 rings (SSSR count). The Morgan fingerprint density at radius 1 is 1.20 bits per heavy atom. The average Bonchev–Trinajstić information content (AvgIpc) is 3.20. The summed E-state index contributed by atoms with van der Waals surface area (Å²) in [4.78, 5) is 29.9. The van der Waals surface area contributed by atoms with Crippen LogP contribution >= 0.6 is 0 Å². The molecule has 2 aliphatic carbocycles. The van der Waals surface area contributed by atoms with Crippen LogP contribution in [0.1, 0.15) is 56.3 Å². The van der Waals surface area contributed by atoms with Crippen LogP contribution < -0.4 is 4.74 Å². The topological polar surface area (TPSA) is 140 Å². The van der Waals surface area contributed by atoms with Gasteiger partial charge in [-0.15, -0.1) is 5.10 Å². The summed E-state index contributed by atoms with van der Waals surface area (Å²) in [5.74, 6) is -0.260. The van der Waals surface area contributed by atoms with Crippen molar-refractivity contribution >= 4 is 12.1 Å². The highest BCUT2D eigenvalue weighted by atomic mass is 16.6. The van der Waals surface area contributed by atoms with E-state index in [1.165, 1.54) is 11.1 Å². The van der Waals surface area contributed by atoms with E-state index in [-0.39, 0.29) is 19.3 Å². The number of aromatic nitrogens is 4. The first-order valence-corrected chi connectivity index (χ1v) is 12.1. The fraction of sp³-hybridized carbons (Fsp3) is 0.625. The molecule has 1 amide bonds. The van der Waals surface area contributed by atoms with Crippen molar-refractivity contribution in [2.24, 2.45) is 18.9 Å². The number of hydrogen-bond acceptors (Lipinski definition) is 8. The number of amides is 1. The molecule has 2 unspecified atom stereocenters. The van der Waals surface area contributed by atoms with Crippen molar-refractivity contribution in [3.05, 3.63) is 23.5 Å². The Labute approximate surface area is 204 Å². The molecule has 2 fully saturated rings. The number of aliphatic hydroxyl groups is 1. The zero-order valence-corrected chi connectivity index (χ0v) is 20.2. The molecule has 2 N–H and O–H groups in total. The maximum Gasteiger partial charge on any atom is 0.409 e. The Hall–Kier alpha value is -3.21. The van der Waals surface area contributed by atoms with Crippen LogP contribution in [0.2, 0.25) is 0 Å². The number of carbonyl (C=O) groups excluding carboxylic acids is 1. The number of aryl methyl sites for hydroxylation is 1. The lowest BCUT2D eigenvalue weighted by atomic mass is 9.85. The van der Waals surface area contributed by atoms with E-state index in [9.17, 15) is 19.8 Å². The van der Waals surface area contributed by atoms with Gasteiger partial charge in [0, 0.05) is 20.6 Å². The lowest BCUT2D eigenvalue weighted by molar-refractivity contribution is -0.143. The van der Waals surface area contributed by atoms with E-state index in [4.69, 9.17) is 9.47 Å². The lowest BCUT2D eigenvalue weighted by Crippen LogP contribution is -2.34. The maximum absolute atomic E-state index is 12.4. The SMILES string of the molecule is CN(CC1CCC1)C(=O)OCc1c(-c2ccc(OC3CCCC(C(=O)O)C3)c(CO)n2)nnn1C. The minimum absolute atomic E-state index is 0.0142. The average molecular weight is 488 g/mol. The third-order valence-electron chi connectivity index (χ3n) is 6.94. The summed E-state index contributed by atoms with van der Waals surface area (Å²) in [6, 6.07) is 3.42. The number of aliphatic carboxylic acids is 1. The van der Waals surface area contributed by atoms with Gasteiger partial charge in [-0.05, 0) is 56.6 Å². The molecule has 2 atom stereocenters. The highest BCUT2D eigenvalue weighted by molar-refractivity contribution is 5.70. The molecule has 11 heteroatoms. The van der Waals surface area contributed by atoms with Gasteiger partial charge in [-0.3, -0.25) is 4.79 Å². The van der Waals surface area contributed by atoms with Gasteiger partial charge in [0.2, 0.25) is 0 Å². The molecule has 2 aromatic rings. The Kier molecular flexibility index (Phi) is 7.84. The standard InChI is InChI=1S/C24H33N5O6/c1-28(12-15-5-3-6-15)24(33)34-14-20-22(26-27-29(20)2)18-9-10-21(19(13-30)25-18)35-17-8-4-7-16(11-17)23(31)32/h9-10,15-17,30H,3-8,11-14H2,1-2H3,(H,31,32). The molecule has 2 aliphatic rings. The third-order valence-corrected chi connectivity index (χ3v) is 6.94. The summed E-state index contributed by atoms with van der Waals surface area (Å²) >= 11 is 0. The molecule has 0 spiro atoms. The number of carboxylic acid groups (broad SMARTS) is 1. The van der Waals surface area contributed by atoms with Crippen LogP contribution in [0.5, 0.6) is 5.75 Å². The molecule has 0 bridgehead atoms. The zero-order chi connectivity index (χ0) is 24.9. The normalized spacial score (nSPS) is 20.2. The van der Waals surface area contributed by atoms with Gasteiger partial charge in [-0.1, -0.05) is 11.6 Å². The van der Waals surface area contributed by atoms with E-state index < -0.39 is 18.0 Å². The number of aliphatic hydroxyl groups excluding tert-OH is 1. The predicted molar refractivity (Wildman–Crippen MR) is 124 cm³/mol. The predicted octanol–water partition coefficient (Wildman–Crippen LogP) is 2.76. The first-order chi connectivity index (χ1) is 16.9. The van der Waals surface area contributed by atoms with Gasteiger partial charge < -0.3 is 24.6 Å².